The van der Waals surface area contributed by atoms with E-state index in [0.29, 0.717) is 25.3 Å². The number of piperidine rings is 1. The smallest absolute Gasteiger partial charge is 0.303 e. The van der Waals surface area contributed by atoms with E-state index in [0.717, 1.165) is 53.7 Å². The van der Waals surface area contributed by atoms with Crippen molar-refractivity contribution in [2.75, 3.05) is 26.7 Å². The number of carbonyl (C=O) groups is 1. The molecule has 1 aliphatic rings. The fourth-order valence-corrected chi connectivity index (χ4v) is 5.02. The van der Waals surface area contributed by atoms with Crippen LogP contribution in [0.4, 0.5) is 0 Å². The lowest BCUT2D eigenvalue weighted by molar-refractivity contribution is -0.137. The van der Waals surface area contributed by atoms with Gasteiger partial charge in [-0.05, 0) is 73.9 Å². The molecule has 1 fully saturated rings. The van der Waals surface area contributed by atoms with Crippen LogP contribution >= 0.6 is 0 Å². The predicted octanol–water partition coefficient (Wildman–Crippen LogP) is 3.70. The molecule has 0 unspecified atom stereocenters. The van der Waals surface area contributed by atoms with E-state index in [-0.39, 0.29) is 12.3 Å². The zero-order valence-corrected chi connectivity index (χ0v) is 20.5. The Morgan fingerprint density at radius 1 is 1.22 bits per heavy atom. The van der Waals surface area contributed by atoms with Crippen LogP contribution in [0.25, 0.3) is 10.9 Å². The molecule has 0 spiro atoms. The number of aromatic nitrogens is 3. The van der Waals surface area contributed by atoms with Crippen molar-refractivity contribution in [3.63, 3.8) is 0 Å². The van der Waals surface area contributed by atoms with Crippen LogP contribution in [0.3, 0.4) is 0 Å². The number of methoxy groups -OCH3 is 1. The highest BCUT2D eigenvalue weighted by molar-refractivity contribution is 5.83. The van der Waals surface area contributed by atoms with Crippen LogP contribution in [0.15, 0.2) is 49.2 Å². The first-order valence-corrected chi connectivity index (χ1v) is 12.3. The van der Waals surface area contributed by atoms with Gasteiger partial charge < -0.3 is 14.9 Å². The summed E-state index contributed by atoms with van der Waals surface area (Å²) in [6.07, 6.45) is 9.14. The highest BCUT2D eigenvalue weighted by Gasteiger charge is 2.29. The quantitative estimate of drug-likeness (QED) is 0.439. The van der Waals surface area contributed by atoms with Crippen molar-refractivity contribution in [1.29, 1.82) is 0 Å². The number of ether oxygens (including phenoxy) is 1. The van der Waals surface area contributed by atoms with E-state index in [1.165, 1.54) is 6.33 Å². The third-order valence-corrected chi connectivity index (χ3v) is 6.95. The standard InChI is InChI=1S/C28H32N4O4/c1-36-23-6-7-26-25(15-23)24(10-12-31-26)27(33)8-4-21-11-14-32(18-22(21)5-9-28(34)35)13-2-3-20-16-29-19-30-17-20/h6-7,10,12,15-17,19,21-22,27,33H,4-5,8-9,11,13-14,18H2,1H3,(H,34,35)/t21-,22-,27-/m1/s1. The normalized spacial score (nSPS) is 18.8. The fraction of sp³-hybridized carbons (Fsp3) is 0.429. The third kappa shape index (κ3) is 6.78. The molecule has 2 N–H and O–H groups in total. The van der Waals surface area contributed by atoms with Crippen molar-refractivity contribution in [3.8, 4) is 17.6 Å². The number of aliphatic hydroxyl groups is 1. The average molecular weight is 489 g/mol. The monoisotopic (exact) mass is 488 g/mol. The number of aliphatic hydroxyl groups excluding tert-OH is 1. The van der Waals surface area contributed by atoms with Crippen LogP contribution in [-0.2, 0) is 4.79 Å². The number of fused-ring (bicyclic) bond motifs is 1. The maximum Gasteiger partial charge on any atom is 0.303 e. The second-order valence-electron chi connectivity index (χ2n) is 9.28. The molecule has 3 atom stereocenters. The van der Waals surface area contributed by atoms with E-state index in [1.54, 1.807) is 25.7 Å². The maximum absolute atomic E-state index is 11.3. The number of nitrogens with zero attached hydrogens (tertiary/aromatic N) is 4. The molecule has 0 aliphatic carbocycles. The number of rotatable bonds is 9. The molecule has 0 amide bonds. The summed E-state index contributed by atoms with van der Waals surface area (Å²) in [5.41, 5.74) is 2.45. The summed E-state index contributed by atoms with van der Waals surface area (Å²) < 4.78 is 5.36. The van der Waals surface area contributed by atoms with E-state index in [1.807, 2.05) is 24.3 Å². The number of likely N-dealkylation sites (tertiary alicyclic amines) is 1. The molecule has 1 aliphatic heterocycles. The first-order chi connectivity index (χ1) is 17.5. The van der Waals surface area contributed by atoms with Gasteiger partial charge in [0.15, 0.2) is 0 Å². The van der Waals surface area contributed by atoms with Gasteiger partial charge in [-0.3, -0.25) is 14.7 Å². The second kappa shape index (κ2) is 12.4. The van der Waals surface area contributed by atoms with Crippen LogP contribution in [0.1, 0.15) is 49.3 Å². The predicted molar refractivity (Wildman–Crippen MR) is 136 cm³/mol. The first kappa shape index (κ1) is 25.5. The molecule has 0 radical (unpaired) electrons. The Bertz CT molecular complexity index is 1220. The minimum Gasteiger partial charge on any atom is -0.497 e. The van der Waals surface area contributed by atoms with Crippen LogP contribution in [-0.4, -0.2) is 62.8 Å². The average Bonchev–Trinajstić information content (AvgIpc) is 2.91. The summed E-state index contributed by atoms with van der Waals surface area (Å²) in [6.45, 7) is 2.34. The summed E-state index contributed by atoms with van der Waals surface area (Å²) in [6, 6.07) is 7.55. The van der Waals surface area contributed by atoms with Gasteiger partial charge in [0.25, 0.3) is 0 Å². The van der Waals surface area contributed by atoms with Gasteiger partial charge in [0.1, 0.15) is 12.1 Å². The van der Waals surface area contributed by atoms with Gasteiger partial charge in [0.2, 0.25) is 0 Å². The molecule has 0 saturated carbocycles. The maximum atomic E-state index is 11.3. The van der Waals surface area contributed by atoms with E-state index in [9.17, 15) is 15.0 Å². The van der Waals surface area contributed by atoms with Gasteiger partial charge in [0.05, 0.1) is 30.8 Å². The lowest BCUT2D eigenvalue weighted by atomic mass is 9.79. The molecule has 3 aromatic rings. The van der Waals surface area contributed by atoms with Crippen molar-refractivity contribution in [3.05, 3.63) is 60.3 Å². The first-order valence-electron chi connectivity index (χ1n) is 12.3. The number of pyridine rings is 1. The van der Waals surface area contributed by atoms with Crippen LogP contribution in [0.5, 0.6) is 5.75 Å². The summed E-state index contributed by atoms with van der Waals surface area (Å²) in [5.74, 6) is 6.85. The van der Waals surface area contributed by atoms with Gasteiger partial charge in [0, 0.05) is 36.9 Å². The third-order valence-electron chi connectivity index (χ3n) is 6.95. The molecule has 4 rings (SSSR count). The molecule has 8 nitrogen and oxygen atoms in total. The zero-order valence-electron chi connectivity index (χ0n) is 20.5. The molecule has 0 bridgehead atoms. The molecule has 3 heterocycles. The Morgan fingerprint density at radius 2 is 2.06 bits per heavy atom. The number of hydrogen-bond donors (Lipinski definition) is 2. The summed E-state index contributed by atoms with van der Waals surface area (Å²) in [4.78, 5) is 25.9. The molecule has 1 aromatic carbocycles. The molecule has 188 valence electrons. The number of aliphatic carboxylic acids is 1. The molecule has 36 heavy (non-hydrogen) atoms. The van der Waals surface area contributed by atoms with Crippen molar-refractivity contribution in [1.82, 2.24) is 19.9 Å². The van der Waals surface area contributed by atoms with E-state index < -0.39 is 12.1 Å². The Balaban J connectivity index is 1.39. The van der Waals surface area contributed by atoms with Crippen LogP contribution in [0.2, 0.25) is 0 Å². The lowest BCUT2D eigenvalue weighted by Gasteiger charge is -2.38. The van der Waals surface area contributed by atoms with Gasteiger partial charge in [-0.2, -0.15) is 0 Å². The summed E-state index contributed by atoms with van der Waals surface area (Å²) in [7, 11) is 1.62. The molecular weight excluding hydrogens is 456 g/mol. The van der Waals surface area contributed by atoms with E-state index in [2.05, 4.69) is 31.7 Å². The minimum absolute atomic E-state index is 0.152. The highest BCUT2D eigenvalue weighted by atomic mass is 16.5. The van der Waals surface area contributed by atoms with Crippen molar-refractivity contribution in [2.45, 2.75) is 38.2 Å². The van der Waals surface area contributed by atoms with Gasteiger partial charge >= 0.3 is 5.97 Å². The second-order valence-corrected chi connectivity index (χ2v) is 9.28. The Labute approximate surface area is 211 Å². The highest BCUT2D eigenvalue weighted by Crippen LogP contribution is 2.35. The Kier molecular flexibility index (Phi) is 8.82. The zero-order chi connectivity index (χ0) is 25.3. The van der Waals surface area contributed by atoms with Gasteiger partial charge in [-0.1, -0.05) is 11.8 Å². The number of carboxylic acids is 1. The van der Waals surface area contributed by atoms with Crippen molar-refractivity contribution < 1.29 is 19.7 Å². The molecule has 8 heteroatoms. The van der Waals surface area contributed by atoms with Crippen LogP contribution < -0.4 is 4.74 Å². The lowest BCUT2D eigenvalue weighted by Crippen LogP contribution is -2.41. The Morgan fingerprint density at radius 3 is 2.83 bits per heavy atom. The summed E-state index contributed by atoms with van der Waals surface area (Å²) in [5, 5.41) is 21.3. The summed E-state index contributed by atoms with van der Waals surface area (Å²) >= 11 is 0. The minimum atomic E-state index is -0.771. The molecule has 2 aromatic heterocycles. The number of benzene rings is 1. The molecule has 1 saturated heterocycles. The Hall–Kier alpha value is -3.54. The van der Waals surface area contributed by atoms with E-state index in [4.69, 9.17) is 4.74 Å². The fourth-order valence-electron chi connectivity index (χ4n) is 5.02. The van der Waals surface area contributed by atoms with Crippen LogP contribution in [0, 0.1) is 23.7 Å². The van der Waals surface area contributed by atoms with E-state index >= 15 is 0 Å². The topological polar surface area (TPSA) is 109 Å². The van der Waals surface area contributed by atoms with Gasteiger partial charge in [-0.25, -0.2) is 9.97 Å². The molecular formula is C28H32N4O4. The van der Waals surface area contributed by atoms with Crippen molar-refractivity contribution in [2.24, 2.45) is 11.8 Å². The number of hydrogen-bond acceptors (Lipinski definition) is 7. The number of carboxylic acid groups (broad SMARTS) is 1. The van der Waals surface area contributed by atoms with Crippen molar-refractivity contribution >= 4 is 16.9 Å². The van der Waals surface area contributed by atoms with Gasteiger partial charge in [-0.15, -0.1) is 0 Å². The largest absolute Gasteiger partial charge is 0.497 e. The SMILES string of the molecule is COc1ccc2nccc([C@H](O)CC[C@@H]3CCN(CC#Cc4cncnc4)C[C@H]3CCC(=O)O)c2c1.